The van der Waals surface area contributed by atoms with E-state index in [1.165, 1.54) is 0 Å². The number of thiazole rings is 1. The summed E-state index contributed by atoms with van der Waals surface area (Å²) in [6.45, 7) is 2.08. The lowest BCUT2D eigenvalue weighted by Crippen LogP contribution is -2.11. The van der Waals surface area contributed by atoms with E-state index in [2.05, 4.69) is 27.4 Å². The maximum absolute atomic E-state index is 5.04. The third kappa shape index (κ3) is 1.60. The zero-order chi connectivity index (χ0) is 9.97. The highest BCUT2D eigenvalue weighted by molar-refractivity contribution is 7.71. The SMILES string of the molecule is CCC(c1nccs1)n1[nH]nnc1=S. The first-order chi connectivity index (χ1) is 6.83. The van der Waals surface area contributed by atoms with Crippen LogP contribution < -0.4 is 0 Å². The van der Waals surface area contributed by atoms with Crippen LogP contribution in [0.3, 0.4) is 0 Å². The van der Waals surface area contributed by atoms with E-state index in [0.717, 1.165) is 11.4 Å². The quantitative estimate of drug-likeness (QED) is 0.812. The minimum Gasteiger partial charge on any atom is -0.247 e. The predicted molar refractivity (Wildman–Crippen MR) is 55.8 cm³/mol. The molecule has 2 rings (SSSR count). The normalized spacial score (nSPS) is 12.9. The van der Waals surface area contributed by atoms with Gasteiger partial charge in [0.15, 0.2) is 0 Å². The summed E-state index contributed by atoms with van der Waals surface area (Å²) in [4.78, 5) is 4.26. The van der Waals surface area contributed by atoms with Crippen LogP contribution in [0.15, 0.2) is 11.6 Å². The number of aromatic amines is 1. The number of H-pyrrole nitrogens is 1. The second kappa shape index (κ2) is 3.97. The van der Waals surface area contributed by atoms with Crippen LogP contribution in [0.1, 0.15) is 24.4 Å². The molecule has 0 aliphatic heterocycles. The second-order valence-electron chi connectivity index (χ2n) is 2.75. The minimum atomic E-state index is 0.123. The lowest BCUT2D eigenvalue weighted by molar-refractivity contribution is 0.486. The second-order valence-corrected chi connectivity index (χ2v) is 4.04. The summed E-state index contributed by atoms with van der Waals surface area (Å²) in [7, 11) is 0. The molecule has 0 radical (unpaired) electrons. The smallest absolute Gasteiger partial charge is 0.238 e. The van der Waals surface area contributed by atoms with E-state index in [0.29, 0.717) is 4.77 Å². The van der Waals surface area contributed by atoms with Crippen LogP contribution in [0.4, 0.5) is 0 Å². The Kier molecular flexibility index (Phi) is 2.69. The van der Waals surface area contributed by atoms with Gasteiger partial charge in [-0.15, -0.1) is 11.3 Å². The molecule has 1 atom stereocenters. The van der Waals surface area contributed by atoms with Gasteiger partial charge < -0.3 is 0 Å². The van der Waals surface area contributed by atoms with E-state index in [4.69, 9.17) is 12.2 Å². The maximum atomic E-state index is 5.04. The zero-order valence-corrected chi connectivity index (χ0v) is 9.18. The number of aromatic nitrogens is 5. The van der Waals surface area contributed by atoms with Gasteiger partial charge in [-0.3, -0.25) is 0 Å². The van der Waals surface area contributed by atoms with E-state index in [1.54, 1.807) is 22.2 Å². The molecule has 1 unspecified atom stereocenters. The fourth-order valence-electron chi connectivity index (χ4n) is 1.27. The van der Waals surface area contributed by atoms with Gasteiger partial charge in [0.05, 0.1) is 0 Å². The predicted octanol–water partition coefficient (Wildman–Crippen LogP) is 1.79. The van der Waals surface area contributed by atoms with Gasteiger partial charge in [0, 0.05) is 11.6 Å². The fourth-order valence-corrected chi connectivity index (χ4v) is 2.29. The molecule has 0 aliphatic carbocycles. The topological polar surface area (TPSA) is 59.4 Å². The molecule has 0 spiro atoms. The van der Waals surface area contributed by atoms with E-state index in [9.17, 15) is 0 Å². The average molecular weight is 227 g/mol. The van der Waals surface area contributed by atoms with Gasteiger partial charge in [-0.05, 0) is 18.6 Å². The molecule has 14 heavy (non-hydrogen) atoms. The van der Waals surface area contributed by atoms with Crippen molar-refractivity contribution in [3.8, 4) is 0 Å². The van der Waals surface area contributed by atoms with Crippen molar-refractivity contribution in [3.63, 3.8) is 0 Å². The van der Waals surface area contributed by atoms with Crippen molar-refractivity contribution in [1.82, 2.24) is 25.2 Å². The van der Waals surface area contributed by atoms with E-state index in [1.807, 2.05) is 5.38 Å². The lowest BCUT2D eigenvalue weighted by atomic mass is 10.2. The fraction of sp³-hybridized carbons (Fsp3) is 0.429. The molecule has 0 amide bonds. The monoisotopic (exact) mass is 227 g/mol. The first kappa shape index (κ1) is 9.47. The van der Waals surface area contributed by atoms with E-state index < -0.39 is 0 Å². The van der Waals surface area contributed by atoms with Gasteiger partial charge >= 0.3 is 0 Å². The van der Waals surface area contributed by atoms with Crippen molar-refractivity contribution in [2.45, 2.75) is 19.4 Å². The Hall–Kier alpha value is -1.08. The number of tetrazole rings is 1. The Morgan fingerprint density at radius 3 is 3.07 bits per heavy atom. The molecule has 7 heteroatoms. The third-order valence-electron chi connectivity index (χ3n) is 1.93. The van der Waals surface area contributed by atoms with Crippen molar-refractivity contribution in [3.05, 3.63) is 21.4 Å². The molecule has 0 saturated carbocycles. The van der Waals surface area contributed by atoms with Crippen LogP contribution in [-0.4, -0.2) is 25.2 Å². The number of hydrogen-bond acceptors (Lipinski definition) is 5. The van der Waals surface area contributed by atoms with Crippen molar-refractivity contribution < 1.29 is 0 Å². The highest BCUT2D eigenvalue weighted by atomic mass is 32.1. The highest BCUT2D eigenvalue weighted by Gasteiger charge is 2.15. The Morgan fingerprint density at radius 1 is 1.71 bits per heavy atom. The molecule has 2 aromatic rings. The Morgan fingerprint density at radius 2 is 2.57 bits per heavy atom. The molecule has 0 fully saturated rings. The molecule has 1 N–H and O–H groups in total. The molecule has 0 saturated heterocycles. The minimum absolute atomic E-state index is 0.123. The van der Waals surface area contributed by atoms with Crippen LogP contribution in [0.5, 0.6) is 0 Å². The maximum Gasteiger partial charge on any atom is 0.238 e. The summed E-state index contributed by atoms with van der Waals surface area (Å²) in [6, 6.07) is 0.123. The Labute approximate surface area is 89.8 Å². The van der Waals surface area contributed by atoms with Crippen molar-refractivity contribution in [2.24, 2.45) is 0 Å². The molecule has 0 bridgehead atoms. The first-order valence-corrected chi connectivity index (χ1v) is 5.50. The summed E-state index contributed by atoms with van der Waals surface area (Å²) in [6.07, 6.45) is 2.70. The highest BCUT2D eigenvalue weighted by Crippen LogP contribution is 2.22. The van der Waals surface area contributed by atoms with Gasteiger partial charge in [-0.2, -0.15) is 5.21 Å². The van der Waals surface area contributed by atoms with Crippen LogP contribution in [0.2, 0.25) is 0 Å². The summed E-state index contributed by atoms with van der Waals surface area (Å²) >= 11 is 6.65. The third-order valence-corrected chi connectivity index (χ3v) is 3.08. The van der Waals surface area contributed by atoms with Gasteiger partial charge in [0.1, 0.15) is 11.0 Å². The Balaban J connectivity index is 2.41. The molecule has 2 aromatic heterocycles. The van der Waals surface area contributed by atoms with Crippen LogP contribution in [0, 0.1) is 4.77 Å². The van der Waals surface area contributed by atoms with E-state index in [-0.39, 0.29) is 6.04 Å². The Bertz CT molecular complexity index is 443. The summed E-state index contributed by atoms with van der Waals surface area (Å²) in [5.41, 5.74) is 0. The molecule has 2 heterocycles. The number of hydrogen-bond donors (Lipinski definition) is 1. The zero-order valence-electron chi connectivity index (χ0n) is 7.54. The molecule has 74 valence electrons. The molecule has 0 aromatic carbocycles. The average Bonchev–Trinajstić information content (AvgIpc) is 2.80. The van der Waals surface area contributed by atoms with Crippen molar-refractivity contribution >= 4 is 23.6 Å². The summed E-state index contributed by atoms with van der Waals surface area (Å²) < 4.78 is 2.22. The number of nitrogens with one attached hydrogen (secondary N) is 1. The molecule has 0 aliphatic rings. The van der Waals surface area contributed by atoms with Gasteiger partial charge in [-0.25, -0.2) is 9.67 Å². The molecular weight excluding hydrogens is 218 g/mol. The van der Waals surface area contributed by atoms with Crippen LogP contribution in [-0.2, 0) is 0 Å². The largest absolute Gasteiger partial charge is 0.247 e. The van der Waals surface area contributed by atoms with Crippen molar-refractivity contribution in [2.75, 3.05) is 0 Å². The number of rotatable bonds is 3. The van der Waals surface area contributed by atoms with Crippen LogP contribution >= 0.6 is 23.6 Å². The van der Waals surface area contributed by atoms with Crippen LogP contribution in [0.25, 0.3) is 0 Å². The standard InChI is InChI=1S/C7H9N5S2/c1-2-5(6-8-3-4-14-6)12-7(13)9-10-11-12/h3-5H,2H2,1H3,(H,9,11,13). The van der Waals surface area contributed by atoms with Gasteiger partial charge in [-0.1, -0.05) is 17.2 Å². The van der Waals surface area contributed by atoms with Gasteiger partial charge in [0.2, 0.25) is 4.77 Å². The van der Waals surface area contributed by atoms with E-state index >= 15 is 0 Å². The number of nitrogens with zero attached hydrogens (tertiary/aromatic N) is 4. The lowest BCUT2D eigenvalue weighted by Gasteiger charge is -2.11. The molecular formula is C7H9N5S2. The van der Waals surface area contributed by atoms with Crippen molar-refractivity contribution in [1.29, 1.82) is 0 Å². The first-order valence-electron chi connectivity index (χ1n) is 4.22. The summed E-state index contributed by atoms with van der Waals surface area (Å²) in [5, 5.41) is 13.1. The molecule has 5 nitrogen and oxygen atoms in total. The van der Waals surface area contributed by atoms with Gasteiger partial charge in [0.25, 0.3) is 0 Å². The summed E-state index contributed by atoms with van der Waals surface area (Å²) in [5.74, 6) is 0.